The molecule has 0 saturated heterocycles. The quantitative estimate of drug-likeness (QED) is 0.614. The van der Waals surface area contributed by atoms with Crippen molar-refractivity contribution < 1.29 is 4.79 Å². The van der Waals surface area contributed by atoms with Gasteiger partial charge < -0.3 is 11.1 Å². The number of hydrazone groups is 1. The zero-order valence-corrected chi connectivity index (χ0v) is 19.5. The highest BCUT2D eigenvalue weighted by Gasteiger charge is 2.35. The molecule has 4 rings (SSSR count). The summed E-state index contributed by atoms with van der Waals surface area (Å²) in [6.07, 6.45) is 7.51. The number of carbonyl (C=O) groups excluding carboxylic acids is 1. The molecule has 1 saturated carbocycles. The summed E-state index contributed by atoms with van der Waals surface area (Å²) < 4.78 is 0. The van der Waals surface area contributed by atoms with Crippen molar-refractivity contribution in [2.24, 2.45) is 16.8 Å². The van der Waals surface area contributed by atoms with Gasteiger partial charge in [-0.15, -0.1) is 0 Å². The minimum atomic E-state index is -0.232. The monoisotopic (exact) mass is 454 g/mol. The maximum absolute atomic E-state index is 13.8. The van der Waals surface area contributed by atoms with E-state index >= 15 is 0 Å². The van der Waals surface area contributed by atoms with Crippen molar-refractivity contribution in [3.63, 3.8) is 0 Å². The molecule has 1 aromatic carbocycles. The first-order valence-corrected chi connectivity index (χ1v) is 11.8. The third-order valence-electron chi connectivity index (χ3n) is 6.01. The summed E-state index contributed by atoms with van der Waals surface area (Å²) in [7, 11) is 0. The molecule has 170 valence electrons. The average molecular weight is 455 g/mol. The summed E-state index contributed by atoms with van der Waals surface area (Å²) >= 11 is 6.41. The standard InChI is InChI=1S/C24H31ClN6O/c1-16(2)31-24(32)30(22-11-9-19(15-28-22)27-13-12-26)21-14-18(25)8-10-20(21)23(29-31)17-6-4-3-5-7-17/h8-11,14-17,27H,3-7,12-13,26H2,1-2H3. The second-order valence-corrected chi connectivity index (χ2v) is 9.09. The summed E-state index contributed by atoms with van der Waals surface area (Å²) in [5.41, 5.74) is 9.08. The Morgan fingerprint density at radius 3 is 2.62 bits per heavy atom. The Hall–Kier alpha value is -2.64. The molecule has 2 aliphatic rings. The predicted molar refractivity (Wildman–Crippen MR) is 131 cm³/mol. The van der Waals surface area contributed by atoms with E-state index in [2.05, 4.69) is 10.3 Å². The summed E-state index contributed by atoms with van der Waals surface area (Å²) in [6, 6.07) is 9.13. The van der Waals surface area contributed by atoms with Gasteiger partial charge in [-0.1, -0.05) is 30.9 Å². The fourth-order valence-electron chi connectivity index (χ4n) is 4.40. The molecule has 0 radical (unpaired) electrons. The average Bonchev–Trinajstić information content (AvgIpc) is 2.92. The maximum Gasteiger partial charge on any atom is 0.350 e. The second kappa shape index (κ2) is 9.88. The number of nitrogens with zero attached hydrogens (tertiary/aromatic N) is 4. The number of rotatable bonds is 6. The maximum atomic E-state index is 13.8. The summed E-state index contributed by atoms with van der Waals surface area (Å²) in [5.74, 6) is 0.857. The Morgan fingerprint density at radius 2 is 1.97 bits per heavy atom. The number of carbonyl (C=O) groups is 1. The molecule has 1 fully saturated rings. The molecule has 1 aliphatic carbocycles. The van der Waals surface area contributed by atoms with E-state index in [1.165, 1.54) is 19.3 Å². The van der Waals surface area contributed by atoms with E-state index in [9.17, 15) is 4.79 Å². The summed E-state index contributed by atoms with van der Waals surface area (Å²) in [4.78, 5) is 20.0. The van der Waals surface area contributed by atoms with E-state index in [-0.39, 0.29) is 12.1 Å². The predicted octanol–water partition coefficient (Wildman–Crippen LogP) is 5.37. The van der Waals surface area contributed by atoms with Gasteiger partial charge in [0.15, 0.2) is 0 Å². The number of nitrogens with one attached hydrogen (secondary N) is 1. The summed E-state index contributed by atoms with van der Waals surface area (Å²) in [6.45, 7) is 5.15. The number of anilines is 3. The van der Waals surface area contributed by atoms with Gasteiger partial charge in [-0.05, 0) is 57.0 Å². The third kappa shape index (κ3) is 4.59. The molecule has 0 unspecified atom stereocenters. The molecule has 0 spiro atoms. The van der Waals surface area contributed by atoms with Crippen LogP contribution in [0.2, 0.25) is 5.02 Å². The molecule has 32 heavy (non-hydrogen) atoms. The SMILES string of the molecule is CC(C)N1N=C(C2CCCCC2)c2ccc(Cl)cc2N(c2ccc(NCCN)cn2)C1=O. The topological polar surface area (TPSA) is 86.8 Å². The lowest BCUT2D eigenvalue weighted by Gasteiger charge is -2.28. The Labute approximate surface area is 194 Å². The molecule has 2 amide bonds. The van der Waals surface area contributed by atoms with Gasteiger partial charge in [-0.25, -0.2) is 19.7 Å². The zero-order valence-electron chi connectivity index (χ0n) is 18.7. The van der Waals surface area contributed by atoms with Crippen LogP contribution in [-0.4, -0.2) is 40.9 Å². The van der Waals surface area contributed by atoms with Gasteiger partial charge in [0.05, 0.1) is 29.3 Å². The fraction of sp³-hybridized carbons (Fsp3) is 0.458. The minimum absolute atomic E-state index is 0.0983. The Kier molecular flexibility index (Phi) is 6.96. The molecule has 3 N–H and O–H groups in total. The van der Waals surface area contributed by atoms with E-state index in [1.54, 1.807) is 16.1 Å². The molecule has 2 aromatic rings. The highest BCUT2D eigenvalue weighted by molar-refractivity contribution is 6.31. The van der Waals surface area contributed by atoms with Crippen molar-refractivity contribution in [1.82, 2.24) is 9.99 Å². The van der Waals surface area contributed by atoms with Gasteiger partial charge in [-0.2, -0.15) is 5.10 Å². The van der Waals surface area contributed by atoms with Crippen LogP contribution in [0.15, 0.2) is 41.6 Å². The van der Waals surface area contributed by atoms with Gasteiger partial charge in [-0.3, -0.25) is 0 Å². The molecule has 8 heteroatoms. The molecule has 2 heterocycles. The lowest BCUT2D eigenvalue weighted by Crippen LogP contribution is -2.41. The van der Waals surface area contributed by atoms with Crippen molar-refractivity contribution in [3.8, 4) is 0 Å². The van der Waals surface area contributed by atoms with Crippen molar-refractivity contribution in [1.29, 1.82) is 0 Å². The van der Waals surface area contributed by atoms with E-state index < -0.39 is 0 Å². The van der Waals surface area contributed by atoms with E-state index in [1.807, 2.05) is 44.2 Å². The van der Waals surface area contributed by atoms with Crippen LogP contribution in [-0.2, 0) is 0 Å². The van der Waals surface area contributed by atoms with E-state index in [4.69, 9.17) is 22.4 Å². The molecule has 0 atom stereocenters. The fourth-order valence-corrected chi connectivity index (χ4v) is 4.57. The molecule has 1 aromatic heterocycles. The van der Waals surface area contributed by atoms with Crippen LogP contribution in [0.25, 0.3) is 0 Å². The number of aromatic nitrogens is 1. The first-order valence-electron chi connectivity index (χ1n) is 11.4. The van der Waals surface area contributed by atoms with Crippen molar-refractivity contribution >= 4 is 40.5 Å². The van der Waals surface area contributed by atoms with Crippen LogP contribution >= 0.6 is 11.6 Å². The number of nitrogens with two attached hydrogens (primary N) is 1. The lowest BCUT2D eigenvalue weighted by molar-refractivity contribution is 0.195. The van der Waals surface area contributed by atoms with E-state index in [0.717, 1.165) is 35.5 Å². The Bertz CT molecular complexity index is 984. The second-order valence-electron chi connectivity index (χ2n) is 8.66. The van der Waals surface area contributed by atoms with Crippen molar-refractivity contribution in [2.75, 3.05) is 23.3 Å². The number of amides is 2. The molecule has 1 aliphatic heterocycles. The van der Waals surface area contributed by atoms with Crippen LogP contribution in [0.4, 0.5) is 22.0 Å². The molecular weight excluding hydrogens is 424 g/mol. The van der Waals surface area contributed by atoms with Crippen LogP contribution in [0.1, 0.15) is 51.5 Å². The normalized spacial score (nSPS) is 17.3. The number of urea groups is 1. The van der Waals surface area contributed by atoms with Crippen molar-refractivity contribution in [2.45, 2.75) is 52.0 Å². The number of hydrogen-bond acceptors (Lipinski definition) is 5. The van der Waals surface area contributed by atoms with Crippen LogP contribution in [0, 0.1) is 5.92 Å². The first-order chi connectivity index (χ1) is 15.5. The van der Waals surface area contributed by atoms with Gasteiger partial charge in [0, 0.05) is 29.6 Å². The number of hydrogen-bond donors (Lipinski definition) is 2. The highest BCUT2D eigenvalue weighted by atomic mass is 35.5. The Balaban J connectivity index is 1.82. The van der Waals surface area contributed by atoms with Crippen molar-refractivity contribution in [3.05, 3.63) is 47.1 Å². The minimum Gasteiger partial charge on any atom is -0.383 e. The number of halogens is 1. The zero-order chi connectivity index (χ0) is 22.7. The smallest absolute Gasteiger partial charge is 0.350 e. The first kappa shape index (κ1) is 22.6. The third-order valence-corrected chi connectivity index (χ3v) is 6.25. The van der Waals surface area contributed by atoms with Gasteiger partial charge >= 0.3 is 6.03 Å². The largest absolute Gasteiger partial charge is 0.383 e. The van der Waals surface area contributed by atoms with Crippen LogP contribution in [0.5, 0.6) is 0 Å². The highest BCUT2D eigenvalue weighted by Crippen LogP contribution is 2.38. The number of fused-ring (bicyclic) bond motifs is 1. The molecule has 7 nitrogen and oxygen atoms in total. The van der Waals surface area contributed by atoms with E-state index in [0.29, 0.717) is 29.8 Å². The summed E-state index contributed by atoms with van der Waals surface area (Å²) in [5, 5.41) is 10.3. The van der Waals surface area contributed by atoms with Crippen LogP contribution in [0.3, 0.4) is 0 Å². The molecule has 0 bridgehead atoms. The lowest BCUT2D eigenvalue weighted by atomic mass is 9.83. The molecular formula is C24H31ClN6O. The van der Waals surface area contributed by atoms with Crippen LogP contribution < -0.4 is 16.0 Å². The number of pyridine rings is 1. The Morgan fingerprint density at radius 1 is 1.19 bits per heavy atom. The van der Waals surface area contributed by atoms with Gasteiger partial charge in [0.1, 0.15) is 5.82 Å². The van der Waals surface area contributed by atoms with Gasteiger partial charge in [0.2, 0.25) is 0 Å². The van der Waals surface area contributed by atoms with Gasteiger partial charge in [0.25, 0.3) is 0 Å². The number of benzene rings is 1.